The van der Waals surface area contributed by atoms with Crippen LogP contribution in [0.1, 0.15) is 13.3 Å². The number of rotatable bonds is 2. The topological polar surface area (TPSA) is 78.1 Å². The quantitative estimate of drug-likeness (QED) is 0.510. The lowest BCUT2D eigenvalue weighted by atomic mass is 10.1. The molecule has 0 aromatic heterocycles. The van der Waals surface area contributed by atoms with Crippen LogP contribution in [0.25, 0.3) is 0 Å². The van der Waals surface area contributed by atoms with Gasteiger partial charge in [0, 0.05) is 0 Å². The Morgan fingerprint density at radius 1 is 1.22 bits per heavy atom. The standard InChI is InChI=1S/C4H13N3.2ClH/c1-4(6,7)2-3-5;;/h2-3,5-7H2,1H3;2*1H. The summed E-state index contributed by atoms with van der Waals surface area (Å²) >= 11 is 0. The maximum absolute atomic E-state index is 5.34. The maximum Gasteiger partial charge on any atom is 0.0619 e. The molecule has 0 fully saturated rings. The highest BCUT2D eigenvalue weighted by atomic mass is 35.5. The Morgan fingerprint density at radius 3 is 1.56 bits per heavy atom. The lowest BCUT2D eigenvalue weighted by Gasteiger charge is -2.15. The predicted molar refractivity (Wildman–Crippen MR) is 44.9 cm³/mol. The monoisotopic (exact) mass is 175 g/mol. The van der Waals surface area contributed by atoms with E-state index in [1.165, 1.54) is 0 Å². The molecule has 0 bridgehead atoms. The minimum Gasteiger partial charge on any atom is -0.330 e. The number of hydrogen-bond donors (Lipinski definition) is 3. The van der Waals surface area contributed by atoms with Crippen molar-refractivity contribution < 1.29 is 0 Å². The van der Waals surface area contributed by atoms with Gasteiger partial charge < -0.3 is 17.2 Å². The van der Waals surface area contributed by atoms with Gasteiger partial charge in [-0.2, -0.15) is 0 Å². The largest absolute Gasteiger partial charge is 0.330 e. The lowest BCUT2D eigenvalue weighted by molar-refractivity contribution is 0.458. The first-order chi connectivity index (χ1) is 3.06. The van der Waals surface area contributed by atoms with Crippen molar-refractivity contribution in [3.05, 3.63) is 0 Å². The molecule has 0 spiro atoms. The molecule has 0 saturated heterocycles. The Balaban J connectivity index is -0.000000180. The zero-order valence-corrected chi connectivity index (χ0v) is 7.10. The minimum absolute atomic E-state index is 0. The van der Waals surface area contributed by atoms with Crippen molar-refractivity contribution in [3.8, 4) is 0 Å². The van der Waals surface area contributed by atoms with Crippen molar-refractivity contribution in [3.63, 3.8) is 0 Å². The molecule has 0 atom stereocenters. The van der Waals surface area contributed by atoms with E-state index >= 15 is 0 Å². The van der Waals surface area contributed by atoms with Crippen LogP contribution < -0.4 is 17.2 Å². The van der Waals surface area contributed by atoms with E-state index in [0.29, 0.717) is 13.0 Å². The zero-order chi connectivity index (χ0) is 5.91. The van der Waals surface area contributed by atoms with E-state index in [2.05, 4.69) is 0 Å². The molecule has 0 aromatic rings. The smallest absolute Gasteiger partial charge is 0.0619 e. The lowest BCUT2D eigenvalue weighted by Crippen LogP contribution is -2.47. The number of hydrogen-bond acceptors (Lipinski definition) is 3. The Labute approximate surface area is 68.2 Å². The highest BCUT2D eigenvalue weighted by molar-refractivity contribution is 5.85. The van der Waals surface area contributed by atoms with Crippen molar-refractivity contribution in [1.29, 1.82) is 0 Å². The first-order valence-corrected chi connectivity index (χ1v) is 2.34. The summed E-state index contributed by atoms with van der Waals surface area (Å²) in [7, 11) is 0. The summed E-state index contributed by atoms with van der Waals surface area (Å²) in [6, 6.07) is 0. The van der Waals surface area contributed by atoms with Crippen LogP contribution in [0.4, 0.5) is 0 Å². The maximum atomic E-state index is 5.34. The summed E-state index contributed by atoms with van der Waals surface area (Å²) in [6.07, 6.45) is 0.674. The van der Waals surface area contributed by atoms with Gasteiger partial charge in [-0.15, -0.1) is 24.8 Å². The highest BCUT2D eigenvalue weighted by Gasteiger charge is 2.07. The van der Waals surface area contributed by atoms with Gasteiger partial charge in [-0.3, -0.25) is 0 Å². The second-order valence-corrected chi connectivity index (χ2v) is 2.04. The summed E-state index contributed by atoms with van der Waals surface area (Å²) in [5.41, 5.74) is 15.3. The third-order valence-corrected chi connectivity index (χ3v) is 0.683. The number of halogens is 2. The minimum atomic E-state index is -0.575. The second-order valence-electron chi connectivity index (χ2n) is 2.04. The summed E-state index contributed by atoms with van der Waals surface area (Å²) in [5.74, 6) is 0. The van der Waals surface area contributed by atoms with E-state index in [4.69, 9.17) is 17.2 Å². The Hall–Kier alpha value is 0.460. The van der Waals surface area contributed by atoms with Crippen LogP contribution in [-0.2, 0) is 0 Å². The van der Waals surface area contributed by atoms with Crippen LogP contribution >= 0.6 is 24.8 Å². The van der Waals surface area contributed by atoms with Gasteiger partial charge in [-0.25, -0.2) is 0 Å². The first-order valence-electron chi connectivity index (χ1n) is 2.34. The molecule has 0 aliphatic rings. The molecule has 0 amide bonds. The summed E-state index contributed by atoms with van der Waals surface area (Å²) in [6.45, 7) is 2.31. The van der Waals surface area contributed by atoms with Gasteiger partial charge in [0.2, 0.25) is 0 Å². The molecular formula is C4H15Cl2N3. The summed E-state index contributed by atoms with van der Waals surface area (Å²) < 4.78 is 0. The second kappa shape index (κ2) is 6.58. The third kappa shape index (κ3) is 17.7. The molecule has 0 radical (unpaired) electrons. The van der Waals surface area contributed by atoms with E-state index in [0.717, 1.165) is 0 Å². The zero-order valence-electron chi connectivity index (χ0n) is 5.46. The molecule has 0 rings (SSSR count). The molecule has 0 heterocycles. The van der Waals surface area contributed by atoms with Crippen LogP contribution in [-0.4, -0.2) is 12.2 Å². The van der Waals surface area contributed by atoms with E-state index in [-0.39, 0.29) is 24.8 Å². The highest BCUT2D eigenvalue weighted by Crippen LogP contribution is 1.90. The van der Waals surface area contributed by atoms with E-state index in [1.807, 2.05) is 0 Å². The van der Waals surface area contributed by atoms with Crippen LogP contribution in [0.3, 0.4) is 0 Å². The van der Waals surface area contributed by atoms with E-state index in [1.54, 1.807) is 6.92 Å². The fourth-order valence-electron chi connectivity index (χ4n) is 0.311. The molecule has 60 valence electrons. The Kier molecular flexibility index (Phi) is 11.9. The molecular weight excluding hydrogens is 161 g/mol. The van der Waals surface area contributed by atoms with Gasteiger partial charge in [-0.1, -0.05) is 0 Å². The van der Waals surface area contributed by atoms with Crippen LogP contribution in [0, 0.1) is 0 Å². The van der Waals surface area contributed by atoms with Gasteiger partial charge in [-0.05, 0) is 19.9 Å². The van der Waals surface area contributed by atoms with Gasteiger partial charge in [0.25, 0.3) is 0 Å². The fraction of sp³-hybridized carbons (Fsp3) is 1.00. The fourth-order valence-corrected chi connectivity index (χ4v) is 0.311. The van der Waals surface area contributed by atoms with Crippen LogP contribution in [0.15, 0.2) is 0 Å². The average molecular weight is 176 g/mol. The first kappa shape index (κ1) is 16.2. The van der Waals surface area contributed by atoms with Crippen molar-refractivity contribution >= 4 is 24.8 Å². The van der Waals surface area contributed by atoms with Crippen molar-refractivity contribution in [1.82, 2.24) is 0 Å². The molecule has 0 saturated carbocycles. The van der Waals surface area contributed by atoms with Crippen molar-refractivity contribution in [2.75, 3.05) is 6.54 Å². The molecule has 0 unspecified atom stereocenters. The van der Waals surface area contributed by atoms with Gasteiger partial charge in [0.1, 0.15) is 0 Å². The predicted octanol–water partition coefficient (Wildman–Crippen LogP) is -0.188. The van der Waals surface area contributed by atoms with E-state index in [9.17, 15) is 0 Å². The van der Waals surface area contributed by atoms with Crippen LogP contribution in [0.5, 0.6) is 0 Å². The van der Waals surface area contributed by atoms with Gasteiger partial charge in [0.15, 0.2) is 0 Å². The third-order valence-electron chi connectivity index (χ3n) is 0.683. The molecule has 0 aliphatic carbocycles. The SMILES string of the molecule is CC(N)(N)CCN.Cl.Cl. The molecule has 0 aromatic carbocycles. The molecule has 5 heteroatoms. The van der Waals surface area contributed by atoms with Crippen LogP contribution in [0.2, 0.25) is 0 Å². The molecule has 0 aliphatic heterocycles. The molecule has 6 N–H and O–H groups in total. The normalized spacial score (nSPS) is 9.33. The van der Waals surface area contributed by atoms with Gasteiger partial charge in [0.05, 0.1) is 5.66 Å². The van der Waals surface area contributed by atoms with E-state index < -0.39 is 5.66 Å². The summed E-state index contributed by atoms with van der Waals surface area (Å²) in [5, 5.41) is 0. The number of nitrogens with two attached hydrogens (primary N) is 3. The Morgan fingerprint density at radius 2 is 1.56 bits per heavy atom. The van der Waals surface area contributed by atoms with Gasteiger partial charge >= 0.3 is 0 Å². The van der Waals surface area contributed by atoms with Crippen molar-refractivity contribution in [2.45, 2.75) is 19.0 Å². The summed E-state index contributed by atoms with van der Waals surface area (Å²) in [4.78, 5) is 0. The average Bonchev–Trinajstić information content (AvgIpc) is 1.30. The molecule has 9 heavy (non-hydrogen) atoms. The molecule has 3 nitrogen and oxygen atoms in total. The Bertz CT molecular complexity index is 52.3. The van der Waals surface area contributed by atoms with Crippen molar-refractivity contribution in [2.24, 2.45) is 17.2 Å².